The molecule has 0 amide bonds. The largest absolute Gasteiger partial charge is 0.477 e. The van der Waals surface area contributed by atoms with Crippen LogP contribution >= 0.6 is 0 Å². The molecule has 9 heteroatoms. The summed E-state index contributed by atoms with van der Waals surface area (Å²) >= 11 is 0. The Balaban J connectivity index is 1.79. The van der Waals surface area contributed by atoms with Gasteiger partial charge in [-0.05, 0) is 17.9 Å². The van der Waals surface area contributed by atoms with Crippen LogP contribution in [0, 0.1) is 11.2 Å². The molecule has 1 saturated heterocycles. The van der Waals surface area contributed by atoms with Gasteiger partial charge in [-0.1, -0.05) is 32.9 Å². The van der Waals surface area contributed by atoms with Crippen LogP contribution < -0.4 is 10.3 Å². The van der Waals surface area contributed by atoms with Crippen molar-refractivity contribution in [3.05, 3.63) is 51.6 Å². The van der Waals surface area contributed by atoms with Crippen LogP contribution in [0.5, 0.6) is 0 Å². The number of nitrogens with zero attached hydrogens (tertiary/aromatic N) is 2. The van der Waals surface area contributed by atoms with Crippen molar-refractivity contribution < 1.29 is 27.5 Å². The molecule has 0 bridgehead atoms. The minimum atomic E-state index is -2.80. The molecule has 1 atom stereocenters. The molecule has 2 aromatic heterocycles. The van der Waals surface area contributed by atoms with E-state index in [0.29, 0.717) is 28.6 Å². The second-order valence-electron chi connectivity index (χ2n) is 9.92. The van der Waals surface area contributed by atoms with Gasteiger partial charge in [-0.15, -0.1) is 0 Å². The maximum absolute atomic E-state index is 15.4. The fourth-order valence-corrected chi connectivity index (χ4v) is 4.97. The lowest BCUT2D eigenvalue weighted by Gasteiger charge is -2.37. The number of aromatic carboxylic acids is 1. The number of hydrogen-bond donors (Lipinski definition) is 1. The molecular weight excluding hydrogens is 437 g/mol. The van der Waals surface area contributed by atoms with Gasteiger partial charge in [0.25, 0.3) is 5.92 Å². The van der Waals surface area contributed by atoms with Crippen LogP contribution in [0.3, 0.4) is 0 Å². The number of rotatable bonds is 2. The molecule has 1 aromatic carbocycles. The van der Waals surface area contributed by atoms with Crippen LogP contribution in [0.2, 0.25) is 0 Å². The third kappa shape index (κ3) is 3.24. The van der Waals surface area contributed by atoms with Crippen molar-refractivity contribution in [2.45, 2.75) is 45.6 Å². The number of para-hydroxylation sites is 1. The van der Waals surface area contributed by atoms with Crippen molar-refractivity contribution in [2.75, 3.05) is 18.0 Å². The highest BCUT2D eigenvalue weighted by molar-refractivity contribution is 5.96. The molecule has 174 valence electrons. The predicted octanol–water partition coefficient (Wildman–Crippen LogP) is 5.09. The first-order valence-electron chi connectivity index (χ1n) is 10.7. The van der Waals surface area contributed by atoms with Gasteiger partial charge in [0.2, 0.25) is 5.43 Å². The van der Waals surface area contributed by atoms with Crippen molar-refractivity contribution in [3.63, 3.8) is 0 Å². The molecule has 0 aliphatic carbocycles. The molecule has 0 radical (unpaired) electrons. The number of carboxylic acids is 1. The summed E-state index contributed by atoms with van der Waals surface area (Å²) in [5.74, 6) is -5.37. The van der Waals surface area contributed by atoms with Crippen LogP contribution in [-0.4, -0.2) is 34.7 Å². The standard InChI is InChI=1S/C24H23F3N2O4/c1-23(2,3)16-9-13-12-5-4-6-15(28-8-7-24(26,27)11-28)20(12)33-21(13)18-17(25)19(30)14(22(31)32)10-29(16)18/h4-6,10,16H,7-9,11H2,1-3H3,(H,31,32)/t16-/m0/s1. The minimum absolute atomic E-state index is 0.111. The first kappa shape index (κ1) is 21.6. The number of fused-ring (bicyclic) bond motifs is 5. The minimum Gasteiger partial charge on any atom is -0.477 e. The number of aromatic nitrogens is 1. The SMILES string of the molecule is CC(C)(C)[C@@H]1Cc2c(oc3c(N4CCC(F)(F)C4)cccc23)-c2c(F)c(=O)c(C(=O)O)cn21. The molecule has 33 heavy (non-hydrogen) atoms. The maximum atomic E-state index is 15.4. The van der Waals surface area contributed by atoms with E-state index in [0.717, 1.165) is 0 Å². The fraction of sp³-hybridized carbons (Fsp3) is 0.417. The quantitative estimate of drug-likeness (QED) is 0.577. The highest BCUT2D eigenvalue weighted by Gasteiger charge is 2.41. The lowest BCUT2D eigenvalue weighted by molar-refractivity contribution is 0.0257. The topological polar surface area (TPSA) is 75.7 Å². The Morgan fingerprint density at radius 1 is 1.27 bits per heavy atom. The molecule has 4 heterocycles. The lowest BCUT2D eigenvalue weighted by atomic mass is 9.79. The molecular formula is C24H23F3N2O4. The second kappa shape index (κ2) is 6.88. The van der Waals surface area contributed by atoms with Crippen molar-refractivity contribution >= 4 is 22.6 Å². The zero-order valence-corrected chi connectivity index (χ0v) is 18.4. The van der Waals surface area contributed by atoms with Crippen LogP contribution in [0.15, 0.2) is 33.6 Å². The predicted molar refractivity (Wildman–Crippen MR) is 117 cm³/mol. The Labute approximate surface area is 187 Å². The number of hydrogen-bond acceptors (Lipinski definition) is 4. The third-order valence-corrected chi connectivity index (χ3v) is 6.66. The normalized spacial score (nSPS) is 19.6. The molecule has 3 aromatic rings. The highest BCUT2D eigenvalue weighted by atomic mass is 19.3. The van der Waals surface area contributed by atoms with E-state index in [1.807, 2.05) is 20.8 Å². The number of carbonyl (C=O) groups is 1. The van der Waals surface area contributed by atoms with E-state index in [4.69, 9.17) is 4.42 Å². The van der Waals surface area contributed by atoms with Crippen molar-refractivity contribution in [1.29, 1.82) is 0 Å². The average molecular weight is 460 g/mol. The van der Waals surface area contributed by atoms with E-state index in [1.54, 1.807) is 23.1 Å². The fourth-order valence-electron chi connectivity index (χ4n) is 4.97. The Bertz CT molecular complexity index is 1370. The Hall–Kier alpha value is -3.23. The molecule has 0 unspecified atom stereocenters. The summed E-state index contributed by atoms with van der Waals surface area (Å²) < 4.78 is 50.7. The van der Waals surface area contributed by atoms with Gasteiger partial charge in [0.05, 0.1) is 12.2 Å². The van der Waals surface area contributed by atoms with Crippen LogP contribution in [0.4, 0.5) is 18.9 Å². The summed E-state index contributed by atoms with van der Waals surface area (Å²) in [6.45, 7) is 5.57. The second-order valence-corrected chi connectivity index (χ2v) is 9.92. The first-order chi connectivity index (χ1) is 15.4. The number of benzene rings is 1. The van der Waals surface area contributed by atoms with E-state index in [1.165, 1.54) is 10.8 Å². The zero-order chi connectivity index (χ0) is 23.9. The van der Waals surface area contributed by atoms with Gasteiger partial charge in [-0.2, -0.15) is 0 Å². The molecule has 5 rings (SSSR count). The molecule has 0 saturated carbocycles. The van der Waals surface area contributed by atoms with Crippen LogP contribution in [-0.2, 0) is 6.42 Å². The summed E-state index contributed by atoms with van der Waals surface area (Å²) in [5, 5.41) is 10.1. The molecule has 0 spiro atoms. The first-order valence-corrected chi connectivity index (χ1v) is 10.7. The average Bonchev–Trinajstić information content (AvgIpc) is 3.28. The van der Waals surface area contributed by atoms with Gasteiger partial charge in [0.1, 0.15) is 11.3 Å². The van der Waals surface area contributed by atoms with Gasteiger partial charge in [-0.25, -0.2) is 18.0 Å². The van der Waals surface area contributed by atoms with E-state index < -0.39 is 40.7 Å². The van der Waals surface area contributed by atoms with Gasteiger partial charge in [0.15, 0.2) is 17.2 Å². The van der Waals surface area contributed by atoms with E-state index in [-0.39, 0.29) is 30.5 Å². The number of carboxylic acid groups (broad SMARTS) is 1. The van der Waals surface area contributed by atoms with Crippen molar-refractivity contribution in [3.8, 4) is 11.5 Å². The number of anilines is 1. The summed E-state index contributed by atoms with van der Waals surface area (Å²) in [7, 11) is 0. The summed E-state index contributed by atoms with van der Waals surface area (Å²) in [5.41, 5.74) is -0.862. The van der Waals surface area contributed by atoms with Gasteiger partial charge >= 0.3 is 5.97 Å². The number of furan rings is 1. The molecule has 6 nitrogen and oxygen atoms in total. The third-order valence-electron chi connectivity index (χ3n) is 6.66. The Morgan fingerprint density at radius 2 is 2.00 bits per heavy atom. The van der Waals surface area contributed by atoms with E-state index in [2.05, 4.69) is 0 Å². The Kier molecular flexibility index (Phi) is 4.51. The maximum Gasteiger partial charge on any atom is 0.341 e. The van der Waals surface area contributed by atoms with Gasteiger partial charge in [0, 0.05) is 36.2 Å². The summed E-state index contributed by atoms with van der Waals surface area (Å²) in [6, 6.07) is 4.87. The van der Waals surface area contributed by atoms with Crippen molar-refractivity contribution in [2.24, 2.45) is 5.41 Å². The molecule has 2 aliphatic rings. The number of halogens is 3. The van der Waals surface area contributed by atoms with Crippen molar-refractivity contribution in [1.82, 2.24) is 4.57 Å². The summed E-state index contributed by atoms with van der Waals surface area (Å²) in [4.78, 5) is 25.6. The molecule has 2 aliphatic heterocycles. The van der Waals surface area contributed by atoms with E-state index in [9.17, 15) is 23.5 Å². The Morgan fingerprint density at radius 3 is 2.61 bits per heavy atom. The van der Waals surface area contributed by atoms with Crippen LogP contribution in [0.25, 0.3) is 22.4 Å². The van der Waals surface area contributed by atoms with Gasteiger partial charge < -0.3 is 19.0 Å². The molecule has 1 fully saturated rings. The monoisotopic (exact) mass is 460 g/mol. The van der Waals surface area contributed by atoms with Crippen LogP contribution in [0.1, 0.15) is 49.2 Å². The molecule has 1 N–H and O–H groups in total. The van der Waals surface area contributed by atoms with E-state index >= 15 is 4.39 Å². The lowest BCUT2D eigenvalue weighted by Crippen LogP contribution is -2.34. The number of alkyl halides is 2. The van der Waals surface area contributed by atoms with Gasteiger partial charge in [-0.3, -0.25) is 4.79 Å². The smallest absolute Gasteiger partial charge is 0.341 e. The highest BCUT2D eigenvalue weighted by Crippen LogP contribution is 2.48. The zero-order valence-electron chi connectivity index (χ0n) is 18.4. The number of pyridine rings is 1. The summed E-state index contributed by atoms with van der Waals surface area (Å²) in [6.07, 6.45) is 1.32.